The SMILES string of the molecule is COC(=O)[C@@]1([S+](OS(=O)(=O)C(F)(F)F)c2ccc(C)cc2)C[C@H]2OC(=O)N(C(C)=O)[C@H]2C([C@H](OC(C)=O)[C@@H](COC(C)=O)OC(C)=O)O1. The second kappa shape index (κ2) is 14.7. The first-order chi connectivity index (χ1) is 22.1. The van der Waals surface area contributed by atoms with Crippen molar-refractivity contribution in [3.8, 4) is 0 Å². The molecule has 2 fully saturated rings. The summed E-state index contributed by atoms with van der Waals surface area (Å²) >= 11 is -2.95. The van der Waals surface area contributed by atoms with E-state index in [1.54, 1.807) is 6.92 Å². The summed E-state index contributed by atoms with van der Waals surface area (Å²) in [5, 5.41) is 0. The zero-order chi connectivity index (χ0) is 36.4. The van der Waals surface area contributed by atoms with Crippen molar-refractivity contribution in [1.29, 1.82) is 0 Å². The number of carbonyl (C=O) groups excluding carboxylic acids is 6. The van der Waals surface area contributed by atoms with E-state index in [4.69, 9.17) is 32.1 Å². The van der Waals surface area contributed by atoms with Crippen molar-refractivity contribution in [3.63, 3.8) is 0 Å². The van der Waals surface area contributed by atoms with Gasteiger partial charge in [-0.15, -0.1) is 0 Å². The molecule has 2 saturated heterocycles. The van der Waals surface area contributed by atoms with E-state index in [2.05, 4.69) is 0 Å². The molecule has 2 heterocycles. The van der Waals surface area contributed by atoms with Gasteiger partial charge in [0.1, 0.15) is 24.9 Å². The number of benzene rings is 1. The molecule has 1 aromatic carbocycles. The third-order valence-electron chi connectivity index (χ3n) is 6.83. The molecule has 3 rings (SSSR count). The van der Waals surface area contributed by atoms with Crippen LogP contribution < -0.4 is 0 Å². The number of fused-ring (bicyclic) bond motifs is 1. The number of hydrogen-bond donors (Lipinski definition) is 0. The van der Waals surface area contributed by atoms with Crippen molar-refractivity contribution in [1.82, 2.24) is 4.90 Å². The Morgan fingerprint density at radius 1 is 1.02 bits per heavy atom. The molecule has 2 unspecified atom stereocenters. The van der Waals surface area contributed by atoms with Crippen molar-refractivity contribution in [2.45, 2.75) is 86.8 Å². The van der Waals surface area contributed by atoms with E-state index in [1.165, 1.54) is 12.1 Å². The molecule has 7 atom stereocenters. The van der Waals surface area contributed by atoms with Crippen molar-refractivity contribution in [2.75, 3.05) is 13.7 Å². The maximum absolute atomic E-state index is 13.8. The lowest BCUT2D eigenvalue weighted by Crippen LogP contribution is -2.68. The largest absolute Gasteiger partial charge is 0.527 e. The van der Waals surface area contributed by atoms with Crippen molar-refractivity contribution >= 4 is 57.2 Å². The smallest absolute Gasteiger partial charge is 0.463 e. The zero-order valence-electron chi connectivity index (χ0n) is 26.1. The highest BCUT2D eigenvalue weighted by Gasteiger charge is 2.74. The number of hydrogen-bond acceptors (Lipinski definition) is 15. The van der Waals surface area contributed by atoms with Gasteiger partial charge in [-0.05, 0) is 22.7 Å². The van der Waals surface area contributed by atoms with Gasteiger partial charge in [-0.3, -0.25) is 19.2 Å². The number of carbonyl (C=O) groups is 6. The summed E-state index contributed by atoms with van der Waals surface area (Å²) in [4.78, 5) is 72.9. The molecule has 2 amide bonds. The molecule has 48 heavy (non-hydrogen) atoms. The molecule has 21 heteroatoms. The number of alkyl halides is 3. The minimum Gasteiger partial charge on any atom is -0.463 e. The molecule has 266 valence electrons. The number of methoxy groups -OCH3 is 1. The Hall–Kier alpha value is -3.95. The van der Waals surface area contributed by atoms with Gasteiger partial charge in [0.2, 0.25) is 5.91 Å². The average molecular weight is 731 g/mol. The lowest BCUT2D eigenvalue weighted by atomic mass is 9.89. The number of nitrogens with zero attached hydrogens (tertiary/aromatic N) is 1. The van der Waals surface area contributed by atoms with Crippen LogP contribution in [0.4, 0.5) is 18.0 Å². The quantitative estimate of drug-likeness (QED) is 0.137. The Kier molecular flexibility index (Phi) is 11.8. The standard InChI is InChI=1S/C27H31F3NO15S2/c1-13-7-9-18(10-8-13)47(46-48(38,39)27(28,29)30)26(24(36)40-6)11-19-21(31(14(2)32)25(37)44-19)23(45-26)22(43-17(5)35)20(42-16(4)34)12-41-15(3)33/h7-10,19-23H,11-12H2,1-6H3/q+1/t19-,20-,21-,22-,23?,26+,47?/m1/s1. The first-order valence-electron chi connectivity index (χ1n) is 13.7. The van der Waals surface area contributed by atoms with Crippen LogP contribution in [-0.4, -0.2) is 104 Å². The summed E-state index contributed by atoms with van der Waals surface area (Å²) in [6.45, 7) is 4.47. The van der Waals surface area contributed by atoms with Crippen molar-refractivity contribution < 1.29 is 82.4 Å². The number of aryl methyl sites for hydroxylation is 1. The summed E-state index contributed by atoms with van der Waals surface area (Å²) in [7, 11) is -5.72. The van der Waals surface area contributed by atoms with Crippen molar-refractivity contribution in [2.24, 2.45) is 0 Å². The normalized spacial score (nSPS) is 24.3. The van der Waals surface area contributed by atoms with E-state index in [9.17, 15) is 50.4 Å². The summed E-state index contributed by atoms with van der Waals surface area (Å²) < 4.78 is 103. The van der Waals surface area contributed by atoms with Crippen LogP contribution in [-0.2, 0) is 77.3 Å². The van der Waals surface area contributed by atoms with Crippen LogP contribution in [0.1, 0.15) is 39.7 Å². The molecule has 0 N–H and O–H groups in total. The van der Waals surface area contributed by atoms with E-state index in [-0.39, 0.29) is 4.90 Å². The van der Waals surface area contributed by atoms with Gasteiger partial charge in [-0.2, -0.15) is 21.6 Å². The molecule has 1 aromatic rings. The van der Waals surface area contributed by atoms with E-state index < -0.39 is 111 Å². The minimum atomic E-state index is -6.51. The monoisotopic (exact) mass is 730 g/mol. The molecule has 0 aromatic heterocycles. The van der Waals surface area contributed by atoms with Crippen LogP contribution in [0.2, 0.25) is 0 Å². The fourth-order valence-corrected chi connectivity index (χ4v) is 8.27. The van der Waals surface area contributed by atoms with E-state index in [0.29, 0.717) is 10.5 Å². The Labute approximate surface area is 274 Å². The van der Waals surface area contributed by atoms with E-state index >= 15 is 0 Å². The molecule has 2 aliphatic rings. The first-order valence-corrected chi connectivity index (χ1v) is 16.3. The Bertz CT molecular complexity index is 1550. The van der Waals surface area contributed by atoms with Gasteiger partial charge in [0.15, 0.2) is 17.1 Å². The van der Waals surface area contributed by atoms with Crippen LogP contribution >= 0.6 is 0 Å². The predicted octanol–water partition coefficient (Wildman–Crippen LogP) is 1.57. The molecule has 0 radical (unpaired) electrons. The van der Waals surface area contributed by atoms with E-state index in [0.717, 1.165) is 46.9 Å². The van der Waals surface area contributed by atoms with Crippen LogP contribution in [0.5, 0.6) is 0 Å². The predicted molar refractivity (Wildman–Crippen MR) is 151 cm³/mol. The molecular weight excluding hydrogens is 699 g/mol. The third-order valence-corrected chi connectivity index (χ3v) is 10.4. The highest BCUT2D eigenvalue weighted by molar-refractivity contribution is 8.04. The minimum absolute atomic E-state index is 0.343. The highest BCUT2D eigenvalue weighted by Crippen LogP contribution is 2.48. The zero-order valence-corrected chi connectivity index (χ0v) is 27.8. The number of rotatable bonds is 11. The first kappa shape index (κ1) is 38.5. The Morgan fingerprint density at radius 2 is 1.60 bits per heavy atom. The van der Waals surface area contributed by atoms with Gasteiger partial charge in [0, 0.05) is 27.7 Å². The maximum atomic E-state index is 13.8. The number of amides is 2. The number of esters is 4. The summed E-state index contributed by atoms with van der Waals surface area (Å²) in [5.74, 6) is -5.54. The number of halogens is 3. The summed E-state index contributed by atoms with van der Waals surface area (Å²) in [6.07, 6.45) is -9.87. The molecule has 0 aliphatic carbocycles. The highest BCUT2D eigenvalue weighted by atomic mass is 32.3. The van der Waals surface area contributed by atoms with Gasteiger partial charge >= 0.3 is 50.5 Å². The van der Waals surface area contributed by atoms with Gasteiger partial charge in [0.25, 0.3) is 11.2 Å². The maximum Gasteiger partial charge on any atom is 0.527 e. The second-order valence-corrected chi connectivity index (χ2v) is 14.0. The van der Waals surface area contributed by atoms with Gasteiger partial charge < -0.3 is 28.4 Å². The van der Waals surface area contributed by atoms with Crippen LogP contribution in [0.15, 0.2) is 29.2 Å². The second-order valence-electron chi connectivity index (χ2n) is 10.4. The van der Waals surface area contributed by atoms with Gasteiger partial charge in [-0.25, -0.2) is 14.5 Å². The fourth-order valence-electron chi connectivity index (χ4n) is 4.98. The summed E-state index contributed by atoms with van der Waals surface area (Å²) in [5.41, 5.74) is -5.45. The molecule has 2 aliphatic heterocycles. The van der Waals surface area contributed by atoms with Crippen LogP contribution in [0, 0.1) is 6.92 Å². The molecule has 0 saturated carbocycles. The van der Waals surface area contributed by atoms with Crippen LogP contribution in [0.3, 0.4) is 0 Å². The molecule has 16 nitrogen and oxygen atoms in total. The van der Waals surface area contributed by atoms with E-state index in [1.807, 2.05) is 0 Å². The van der Waals surface area contributed by atoms with Crippen molar-refractivity contribution in [3.05, 3.63) is 29.8 Å². The van der Waals surface area contributed by atoms with Crippen LogP contribution in [0.25, 0.3) is 0 Å². The topological polar surface area (TPSA) is 204 Å². The Morgan fingerprint density at radius 3 is 2.08 bits per heavy atom. The molecule has 0 bridgehead atoms. The Balaban J connectivity index is 2.39. The van der Waals surface area contributed by atoms with Gasteiger partial charge in [-0.1, -0.05) is 17.7 Å². The lowest BCUT2D eigenvalue weighted by molar-refractivity contribution is -0.220. The number of imide groups is 1. The molecule has 0 spiro atoms. The average Bonchev–Trinajstić information content (AvgIpc) is 3.31. The lowest BCUT2D eigenvalue weighted by Gasteiger charge is -2.44. The fraction of sp³-hybridized carbons (Fsp3) is 0.556. The number of ether oxygens (including phenoxy) is 6. The summed E-state index contributed by atoms with van der Waals surface area (Å²) in [6, 6.07) is 3.35. The van der Waals surface area contributed by atoms with Gasteiger partial charge in [0.05, 0.1) is 13.5 Å². The molecular formula is C27H31F3NO15S2+. The third kappa shape index (κ3) is 8.18.